The zero-order chi connectivity index (χ0) is 23.7. The van der Waals surface area contributed by atoms with Gasteiger partial charge in [0.15, 0.2) is 5.78 Å². The van der Waals surface area contributed by atoms with E-state index in [-0.39, 0.29) is 23.7 Å². The molecule has 2 heterocycles. The van der Waals surface area contributed by atoms with Crippen molar-refractivity contribution in [3.8, 4) is 0 Å². The fourth-order valence-corrected chi connectivity index (χ4v) is 3.86. The van der Waals surface area contributed by atoms with Crippen molar-refractivity contribution in [2.45, 2.75) is 33.7 Å². The number of para-hydroxylation sites is 1. The van der Waals surface area contributed by atoms with Gasteiger partial charge in [0.05, 0.1) is 10.9 Å². The number of anilines is 3. The highest BCUT2D eigenvalue weighted by molar-refractivity contribution is 6.18. The monoisotopic (exact) mass is 442 g/mol. The van der Waals surface area contributed by atoms with Crippen LogP contribution in [0, 0.1) is 13.8 Å². The van der Waals surface area contributed by atoms with Gasteiger partial charge in [-0.3, -0.25) is 4.79 Å². The van der Waals surface area contributed by atoms with Gasteiger partial charge in [-0.2, -0.15) is 0 Å². The zero-order valence-electron chi connectivity index (χ0n) is 19.0. The number of hydrogen-bond acceptors (Lipinski definition) is 5. The van der Waals surface area contributed by atoms with Gasteiger partial charge in [0.25, 0.3) is 0 Å². The van der Waals surface area contributed by atoms with Crippen LogP contribution in [0.2, 0.25) is 0 Å². The standard InChI is InChI=1S/C25H26N6O2/c1-14(2)31-12-19(20-23(26)27-13-28-24(20)31)22(32)17-9-6-10-18(11-17)29-25(33)30-21-15(3)7-5-8-16(21)4/h5-14H,1-4H3,(H2,26,27,28)(H2,29,30,33). The Hall–Kier alpha value is -4.20. The molecule has 0 saturated carbocycles. The maximum absolute atomic E-state index is 13.4. The van der Waals surface area contributed by atoms with Gasteiger partial charge in [-0.1, -0.05) is 30.3 Å². The predicted octanol–water partition coefficient (Wildman–Crippen LogP) is 5.09. The van der Waals surface area contributed by atoms with Crippen LogP contribution in [0.4, 0.5) is 22.0 Å². The minimum absolute atomic E-state index is 0.0879. The number of rotatable bonds is 5. The van der Waals surface area contributed by atoms with E-state index >= 15 is 0 Å². The normalized spacial score (nSPS) is 11.1. The minimum Gasteiger partial charge on any atom is -0.383 e. The first-order chi connectivity index (χ1) is 15.8. The summed E-state index contributed by atoms with van der Waals surface area (Å²) in [5.74, 6) is 0.0321. The molecule has 4 rings (SSSR count). The van der Waals surface area contributed by atoms with E-state index in [2.05, 4.69) is 20.6 Å². The average molecular weight is 443 g/mol. The quantitative estimate of drug-likeness (QED) is 0.373. The van der Waals surface area contributed by atoms with Crippen LogP contribution in [0.1, 0.15) is 46.9 Å². The molecule has 0 unspecified atom stereocenters. The van der Waals surface area contributed by atoms with Gasteiger partial charge >= 0.3 is 6.03 Å². The van der Waals surface area contributed by atoms with Crippen LogP contribution < -0.4 is 16.4 Å². The Labute approximate surface area is 191 Å². The van der Waals surface area contributed by atoms with E-state index in [4.69, 9.17) is 5.73 Å². The van der Waals surface area contributed by atoms with Gasteiger partial charge in [-0.25, -0.2) is 14.8 Å². The number of nitrogens with two attached hydrogens (primary N) is 1. The smallest absolute Gasteiger partial charge is 0.323 e. The van der Waals surface area contributed by atoms with Crippen LogP contribution in [0.25, 0.3) is 11.0 Å². The van der Waals surface area contributed by atoms with Crippen molar-refractivity contribution < 1.29 is 9.59 Å². The Bertz CT molecular complexity index is 1350. The number of urea groups is 1. The number of ketones is 1. The maximum Gasteiger partial charge on any atom is 0.323 e. The molecule has 0 saturated heterocycles. The second kappa shape index (κ2) is 8.74. The first-order valence-electron chi connectivity index (χ1n) is 10.7. The summed E-state index contributed by atoms with van der Waals surface area (Å²) in [5.41, 5.74) is 10.8. The van der Waals surface area contributed by atoms with Crippen LogP contribution in [-0.2, 0) is 0 Å². The number of hydrogen-bond donors (Lipinski definition) is 3. The summed E-state index contributed by atoms with van der Waals surface area (Å²) in [4.78, 5) is 34.4. The zero-order valence-corrected chi connectivity index (χ0v) is 19.0. The third-order valence-electron chi connectivity index (χ3n) is 5.54. The number of amides is 2. The molecule has 0 spiro atoms. The first kappa shape index (κ1) is 22.0. The number of carbonyl (C=O) groups is 2. The molecule has 2 aromatic carbocycles. The average Bonchev–Trinajstić information content (AvgIpc) is 3.17. The number of fused-ring (bicyclic) bond motifs is 1. The van der Waals surface area contributed by atoms with E-state index in [1.54, 1.807) is 30.5 Å². The molecule has 0 aliphatic carbocycles. The Kier molecular flexibility index (Phi) is 5.83. The highest BCUT2D eigenvalue weighted by Crippen LogP contribution is 2.29. The van der Waals surface area contributed by atoms with E-state index in [1.807, 2.05) is 50.5 Å². The summed E-state index contributed by atoms with van der Waals surface area (Å²) in [6.07, 6.45) is 3.15. The maximum atomic E-state index is 13.4. The molecule has 8 nitrogen and oxygen atoms in total. The van der Waals surface area contributed by atoms with Crippen molar-refractivity contribution in [2.24, 2.45) is 0 Å². The van der Waals surface area contributed by atoms with E-state index in [0.29, 0.717) is 27.8 Å². The van der Waals surface area contributed by atoms with Gasteiger partial charge in [-0.15, -0.1) is 0 Å². The molecule has 0 aliphatic heterocycles. The summed E-state index contributed by atoms with van der Waals surface area (Å²) in [5, 5.41) is 6.22. The van der Waals surface area contributed by atoms with E-state index < -0.39 is 0 Å². The van der Waals surface area contributed by atoms with Crippen molar-refractivity contribution in [3.63, 3.8) is 0 Å². The second-order valence-electron chi connectivity index (χ2n) is 8.26. The van der Waals surface area contributed by atoms with Crippen molar-refractivity contribution >= 4 is 40.0 Å². The SMILES string of the molecule is Cc1cccc(C)c1NC(=O)Nc1cccc(C(=O)c2cn(C(C)C)c3ncnc(N)c23)c1. The van der Waals surface area contributed by atoms with Crippen LogP contribution in [0.5, 0.6) is 0 Å². The highest BCUT2D eigenvalue weighted by Gasteiger charge is 2.21. The highest BCUT2D eigenvalue weighted by atomic mass is 16.2. The van der Waals surface area contributed by atoms with Crippen LogP contribution in [-0.4, -0.2) is 26.3 Å². The lowest BCUT2D eigenvalue weighted by Crippen LogP contribution is -2.20. The molecule has 2 aromatic heterocycles. The molecule has 4 aromatic rings. The van der Waals surface area contributed by atoms with Gasteiger partial charge in [0.2, 0.25) is 0 Å². The number of aryl methyl sites for hydroxylation is 2. The number of nitrogens with one attached hydrogen (secondary N) is 2. The fraction of sp³-hybridized carbons (Fsp3) is 0.200. The van der Waals surface area contributed by atoms with Crippen molar-refractivity contribution in [1.82, 2.24) is 14.5 Å². The molecule has 8 heteroatoms. The van der Waals surface area contributed by atoms with Crippen molar-refractivity contribution in [1.29, 1.82) is 0 Å². The Balaban J connectivity index is 1.62. The molecule has 0 radical (unpaired) electrons. The van der Waals surface area contributed by atoms with Gasteiger partial charge < -0.3 is 20.9 Å². The lowest BCUT2D eigenvalue weighted by Gasteiger charge is -2.13. The number of carbonyl (C=O) groups excluding carboxylic acids is 2. The number of nitrogens with zero attached hydrogens (tertiary/aromatic N) is 3. The number of benzene rings is 2. The third-order valence-corrected chi connectivity index (χ3v) is 5.54. The van der Waals surface area contributed by atoms with Crippen molar-refractivity contribution in [3.05, 3.63) is 77.2 Å². The molecule has 0 aliphatic rings. The summed E-state index contributed by atoms with van der Waals surface area (Å²) >= 11 is 0. The molecule has 33 heavy (non-hydrogen) atoms. The summed E-state index contributed by atoms with van der Waals surface area (Å²) in [6, 6.07) is 12.3. The second-order valence-corrected chi connectivity index (χ2v) is 8.26. The molecule has 0 bridgehead atoms. The van der Waals surface area contributed by atoms with Crippen LogP contribution in [0.3, 0.4) is 0 Å². The van der Waals surface area contributed by atoms with E-state index in [1.165, 1.54) is 6.33 Å². The molecular formula is C25H26N6O2. The fourth-order valence-electron chi connectivity index (χ4n) is 3.86. The summed E-state index contributed by atoms with van der Waals surface area (Å²) in [6.45, 7) is 7.88. The molecule has 0 fully saturated rings. The van der Waals surface area contributed by atoms with Crippen LogP contribution in [0.15, 0.2) is 55.0 Å². The first-order valence-corrected chi connectivity index (χ1v) is 10.7. The third kappa shape index (κ3) is 4.27. The van der Waals surface area contributed by atoms with E-state index in [9.17, 15) is 9.59 Å². The molecule has 0 atom stereocenters. The molecule has 4 N–H and O–H groups in total. The Morgan fingerprint density at radius 3 is 2.39 bits per heavy atom. The minimum atomic E-state index is -0.383. The van der Waals surface area contributed by atoms with Gasteiger partial charge in [0, 0.05) is 29.2 Å². The Morgan fingerprint density at radius 2 is 1.70 bits per heavy atom. The number of aromatic nitrogens is 3. The van der Waals surface area contributed by atoms with Gasteiger partial charge in [0.1, 0.15) is 17.8 Å². The van der Waals surface area contributed by atoms with Gasteiger partial charge in [-0.05, 0) is 51.0 Å². The lowest BCUT2D eigenvalue weighted by atomic mass is 10.0. The van der Waals surface area contributed by atoms with Crippen molar-refractivity contribution in [2.75, 3.05) is 16.4 Å². The number of nitrogen functional groups attached to an aromatic ring is 1. The molecule has 168 valence electrons. The van der Waals surface area contributed by atoms with Crippen LogP contribution >= 0.6 is 0 Å². The van der Waals surface area contributed by atoms with E-state index in [0.717, 1.165) is 16.8 Å². The molecule has 2 amide bonds. The largest absolute Gasteiger partial charge is 0.383 e. The lowest BCUT2D eigenvalue weighted by molar-refractivity contribution is 0.104. The summed E-state index contributed by atoms with van der Waals surface area (Å²) in [7, 11) is 0. The predicted molar refractivity (Wildman–Crippen MR) is 131 cm³/mol. The Morgan fingerprint density at radius 1 is 1.00 bits per heavy atom. The molecular weight excluding hydrogens is 416 g/mol. The topological polar surface area (TPSA) is 115 Å². The summed E-state index contributed by atoms with van der Waals surface area (Å²) < 4.78 is 1.90.